The van der Waals surface area contributed by atoms with Crippen molar-refractivity contribution in [3.8, 4) is 0 Å². The molecule has 0 atom stereocenters. The van der Waals surface area contributed by atoms with E-state index in [2.05, 4.69) is 31.9 Å². The lowest BCUT2D eigenvalue weighted by Crippen LogP contribution is -1.94. The molecular weight excluding hydrogens is 408 g/mol. The molecule has 2 nitrogen and oxygen atoms in total. The standard InChI is InChI=1S/C18H12Br2O2/c19-17-7-3-1-5-13(17)9-15(11-21)16(12-22)10-14-6-2-4-8-18(14)20/h1-12H. The smallest absolute Gasteiger partial charge is 0.150 e. The summed E-state index contributed by atoms with van der Waals surface area (Å²) < 4.78 is 1.72. The van der Waals surface area contributed by atoms with Crippen molar-refractivity contribution in [2.75, 3.05) is 0 Å². The molecule has 0 N–H and O–H groups in total. The maximum atomic E-state index is 11.4. The average molecular weight is 420 g/mol. The molecule has 110 valence electrons. The quantitative estimate of drug-likeness (QED) is 0.385. The molecule has 0 aliphatic heterocycles. The number of benzene rings is 2. The molecule has 0 heterocycles. The van der Waals surface area contributed by atoms with E-state index in [9.17, 15) is 9.59 Å². The summed E-state index contributed by atoms with van der Waals surface area (Å²) in [7, 11) is 0. The molecule has 2 aromatic rings. The molecule has 0 amide bonds. The Bertz CT molecular complexity index is 696. The van der Waals surface area contributed by atoms with Gasteiger partial charge in [-0.15, -0.1) is 0 Å². The third kappa shape index (κ3) is 4.12. The lowest BCUT2D eigenvalue weighted by molar-refractivity contribution is -0.107. The van der Waals surface area contributed by atoms with Crippen molar-refractivity contribution in [1.82, 2.24) is 0 Å². The second-order valence-corrected chi connectivity index (χ2v) is 6.19. The van der Waals surface area contributed by atoms with Gasteiger partial charge in [-0.1, -0.05) is 68.3 Å². The Labute approximate surface area is 145 Å². The minimum Gasteiger partial charge on any atom is -0.298 e. The molecule has 0 spiro atoms. The van der Waals surface area contributed by atoms with Crippen LogP contribution in [-0.2, 0) is 9.59 Å². The number of carbonyl (C=O) groups is 2. The van der Waals surface area contributed by atoms with Crippen molar-refractivity contribution in [1.29, 1.82) is 0 Å². The molecule has 2 rings (SSSR count). The van der Waals surface area contributed by atoms with Gasteiger partial charge in [0.25, 0.3) is 0 Å². The first-order valence-electron chi connectivity index (χ1n) is 6.49. The molecule has 4 heteroatoms. The second-order valence-electron chi connectivity index (χ2n) is 4.48. The van der Waals surface area contributed by atoms with Crippen molar-refractivity contribution in [3.05, 3.63) is 79.7 Å². The highest BCUT2D eigenvalue weighted by molar-refractivity contribution is 9.10. The topological polar surface area (TPSA) is 34.1 Å². The maximum Gasteiger partial charge on any atom is 0.150 e. The molecule has 0 radical (unpaired) electrons. The van der Waals surface area contributed by atoms with Crippen LogP contribution in [0.15, 0.2) is 68.6 Å². The SMILES string of the molecule is O=CC(=Cc1ccccc1Br)C(C=O)=Cc1ccccc1Br. The molecule has 0 saturated heterocycles. The van der Waals surface area contributed by atoms with E-state index in [1.54, 1.807) is 12.2 Å². The van der Waals surface area contributed by atoms with E-state index in [1.165, 1.54) is 0 Å². The Kier molecular flexibility index (Phi) is 6.04. The Morgan fingerprint density at radius 3 is 1.36 bits per heavy atom. The molecule has 0 aliphatic carbocycles. The lowest BCUT2D eigenvalue weighted by Gasteiger charge is -2.04. The summed E-state index contributed by atoms with van der Waals surface area (Å²) in [5.41, 5.74) is 2.34. The van der Waals surface area contributed by atoms with Crippen molar-refractivity contribution < 1.29 is 9.59 Å². The first-order chi connectivity index (χ1) is 10.7. The first-order valence-corrected chi connectivity index (χ1v) is 8.07. The Morgan fingerprint density at radius 2 is 1.05 bits per heavy atom. The van der Waals surface area contributed by atoms with E-state index in [1.807, 2.05) is 48.5 Å². The summed E-state index contributed by atoms with van der Waals surface area (Å²) >= 11 is 6.86. The highest BCUT2D eigenvalue weighted by Crippen LogP contribution is 2.23. The van der Waals surface area contributed by atoms with E-state index in [4.69, 9.17) is 0 Å². The number of rotatable bonds is 5. The fourth-order valence-corrected chi connectivity index (χ4v) is 2.69. The molecule has 2 aromatic carbocycles. The van der Waals surface area contributed by atoms with Crippen LogP contribution in [0.3, 0.4) is 0 Å². The molecule has 22 heavy (non-hydrogen) atoms. The van der Waals surface area contributed by atoms with Crippen LogP contribution in [0, 0.1) is 0 Å². The highest BCUT2D eigenvalue weighted by Gasteiger charge is 2.06. The summed E-state index contributed by atoms with van der Waals surface area (Å²) in [4.78, 5) is 22.8. The summed E-state index contributed by atoms with van der Waals surface area (Å²) in [5, 5.41) is 0. The van der Waals surface area contributed by atoms with Gasteiger partial charge in [0.05, 0.1) is 0 Å². The van der Waals surface area contributed by atoms with Gasteiger partial charge in [-0.2, -0.15) is 0 Å². The molecule has 0 saturated carbocycles. The number of allylic oxidation sites excluding steroid dienone is 2. The number of aldehydes is 2. The van der Waals surface area contributed by atoms with Crippen molar-refractivity contribution >= 4 is 56.6 Å². The van der Waals surface area contributed by atoms with Gasteiger partial charge in [0.2, 0.25) is 0 Å². The van der Waals surface area contributed by atoms with Gasteiger partial charge in [0, 0.05) is 20.1 Å². The van der Waals surface area contributed by atoms with Gasteiger partial charge in [0.1, 0.15) is 0 Å². The van der Waals surface area contributed by atoms with Crippen molar-refractivity contribution in [3.63, 3.8) is 0 Å². The zero-order valence-electron chi connectivity index (χ0n) is 11.5. The summed E-state index contributed by atoms with van der Waals surface area (Å²) in [5.74, 6) is 0. The van der Waals surface area contributed by atoms with Gasteiger partial charge in [-0.3, -0.25) is 9.59 Å². The van der Waals surface area contributed by atoms with Gasteiger partial charge >= 0.3 is 0 Å². The zero-order valence-corrected chi connectivity index (χ0v) is 14.7. The Hall–Kier alpha value is -1.78. The summed E-state index contributed by atoms with van der Waals surface area (Å²) in [6, 6.07) is 15.0. The van der Waals surface area contributed by atoms with Crippen LogP contribution in [0.2, 0.25) is 0 Å². The predicted octanol–water partition coefficient (Wildman–Crippen LogP) is 5.08. The van der Waals surface area contributed by atoms with Gasteiger partial charge in [-0.05, 0) is 35.4 Å². The minimum atomic E-state index is 0.331. The van der Waals surface area contributed by atoms with Gasteiger partial charge in [0.15, 0.2) is 12.6 Å². The van der Waals surface area contributed by atoms with Crippen molar-refractivity contribution in [2.45, 2.75) is 0 Å². The normalized spacial score (nSPS) is 12.1. The predicted molar refractivity (Wildman–Crippen MR) is 96.4 cm³/mol. The molecular formula is C18H12Br2O2. The first kappa shape index (κ1) is 16.6. The van der Waals surface area contributed by atoms with Crippen LogP contribution in [0.1, 0.15) is 11.1 Å². The summed E-state index contributed by atoms with van der Waals surface area (Å²) in [6.45, 7) is 0. The monoisotopic (exact) mass is 418 g/mol. The molecule has 0 aromatic heterocycles. The van der Waals surface area contributed by atoms with Crippen LogP contribution in [-0.4, -0.2) is 12.6 Å². The third-order valence-corrected chi connectivity index (χ3v) is 4.46. The van der Waals surface area contributed by atoms with E-state index < -0.39 is 0 Å². The van der Waals surface area contributed by atoms with Crippen molar-refractivity contribution in [2.24, 2.45) is 0 Å². The van der Waals surface area contributed by atoms with Gasteiger partial charge < -0.3 is 0 Å². The van der Waals surface area contributed by atoms with E-state index >= 15 is 0 Å². The second kappa shape index (κ2) is 8.01. The maximum absolute atomic E-state index is 11.4. The Morgan fingerprint density at radius 1 is 0.682 bits per heavy atom. The number of hydrogen-bond donors (Lipinski definition) is 0. The highest BCUT2D eigenvalue weighted by atomic mass is 79.9. The van der Waals surface area contributed by atoms with Crippen LogP contribution in [0.25, 0.3) is 12.2 Å². The molecule has 0 bridgehead atoms. The largest absolute Gasteiger partial charge is 0.298 e. The van der Waals surface area contributed by atoms with Gasteiger partial charge in [-0.25, -0.2) is 0 Å². The zero-order chi connectivity index (χ0) is 15.9. The molecule has 0 fully saturated rings. The Balaban J connectivity index is 2.48. The van der Waals surface area contributed by atoms with Crippen LogP contribution in [0.5, 0.6) is 0 Å². The van der Waals surface area contributed by atoms with Crippen LogP contribution < -0.4 is 0 Å². The van der Waals surface area contributed by atoms with Crippen LogP contribution in [0.4, 0.5) is 0 Å². The number of hydrogen-bond acceptors (Lipinski definition) is 2. The summed E-state index contributed by atoms with van der Waals surface area (Å²) in [6.07, 6.45) is 4.76. The average Bonchev–Trinajstić information content (AvgIpc) is 2.54. The van der Waals surface area contributed by atoms with Crippen LogP contribution >= 0.6 is 31.9 Å². The van der Waals surface area contributed by atoms with E-state index in [0.29, 0.717) is 23.7 Å². The lowest BCUT2D eigenvalue weighted by atomic mass is 10.0. The minimum absolute atomic E-state index is 0.331. The van der Waals surface area contributed by atoms with E-state index in [0.717, 1.165) is 20.1 Å². The third-order valence-electron chi connectivity index (χ3n) is 3.02. The molecule has 0 aliphatic rings. The fourth-order valence-electron chi connectivity index (χ4n) is 1.89. The number of carbonyl (C=O) groups excluding carboxylic acids is 2. The molecule has 0 unspecified atom stereocenters. The number of halogens is 2. The van der Waals surface area contributed by atoms with E-state index in [-0.39, 0.29) is 0 Å². The fraction of sp³-hybridized carbons (Fsp3) is 0.